The molecule has 3 N–H and O–H groups in total. The van der Waals surface area contributed by atoms with Crippen LogP contribution in [-0.4, -0.2) is 35.6 Å². The number of rotatable bonds is 5. The highest BCUT2D eigenvalue weighted by atomic mass is 32.1. The Kier molecular flexibility index (Phi) is 4.06. The molecule has 1 atom stereocenters. The number of likely N-dealkylation sites (N-methyl/N-ethyl adjacent to an activating group) is 1. The first-order valence-corrected chi connectivity index (χ1v) is 5.22. The Morgan fingerprint density at radius 3 is 3.00 bits per heavy atom. The molecule has 1 rings (SSSR count). The van der Waals surface area contributed by atoms with E-state index in [0.717, 1.165) is 6.54 Å². The highest BCUT2D eigenvalue weighted by Gasteiger charge is 2.13. The number of nitrogens with zero attached hydrogens (tertiary/aromatic N) is 1. The summed E-state index contributed by atoms with van der Waals surface area (Å²) in [4.78, 5) is 12.4. The number of carbonyl (C=O) groups is 1. The molecule has 0 bridgehead atoms. The van der Waals surface area contributed by atoms with Crippen molar-refractivity contribution in [1.82, 2.24) is 4.90 Å². The molecule has 0 aromatic carbocycles. The maximum absolute atomic E-state index is 10.5. The molecule has 0 saturated heterocycles. The maximum Gasteiger partial charge on any atom is 0.321 e. The van der Waals surface area contributed by atoms with E-state index < -0.39 is 12.0 Å². The molecule has 0 fully saturated rings. The zero-order valence-electron chi connectivity index (χ0n) is 8.01. The van der Waals surface area contributed by atoms with Gasteiger partial charge in [-0.05, 0) is 29.4 Å². The van der Waals surface area contributed by atoms with Crippen molar-refractivity contribution in [2.24, 2.45) is 5.73 Å². The normalized spacial score (nSPS) is 13.1. The summed E-state index contributed by atoms with van der Waals surface area (Å²) < 4.78 is 0. The van der Waals surface area contributed by atoms with Crippen LogP contribution in [0.2, 0.25) is 0 Å². The molecule has 0 aliphatic heterocycles. The van der Waals surface area contributed by atoms with Crippen LogP contribution in [-0.2, 0) is 11.3 Å². The van der Waals surface area contributed by atoms with Gasteiger partial charge in [0.25, 0.3) is 0 Å². The van der Waals surface area contributed by atoms with Gasteiger partial charge in [0.15, 0.2) is 0 Å². The first-order chi connectivity index (χ1) is 6.59. The molecular formula is C9H14N2O2S. The molecule has 1 aromatic heterocycles. The smallest absolute Gasteiger partial charge is 0.321 e. The van der Waals surface area contributed by atoms with Gasteiger partial charge in [-0.2, -0.15) is 11.3 Å². The minimum absolute atomic E-state index is 0.366. The molecule has 1 heterocycles. The van der Waals surface area contributed by atoms with Crippen LogP contribution in [0.25, 0.3) is 0 Å². The topological polar surface area (TPSA) is 66.6 Å². The van der Waals surface area contributed by atoms with E-state index in [1.807, 2.05) is 28.8 Å². The van der Waals surface area contributed by atoms with Gasteiger partial charge in [-0.1, -0.05) is 0 Å². The highest BCUT2D eigenvalue weighted by Crippen LogP contribution is 2.08. The van der Waals surface area contributed by atoms with Crippen LogP contribution in [0.3, 0.4) is 0 Å². The molecule has 0 saturated carbocycles. The zero-order chi connectivity index (χ0) is 10.6. The van der Waals surface area contributed by atoms with E-state index in [9.17, 15) is 4.79 Å². The van der Waals surface area contributed by atoms with Gasteiger partial charge >= 0.3 is 5.97 Å². The summed E-state index contributed by atoms with van der Waals surface area (Å²) in [5, 5.41) is 12.7. The van der Waals surface area contributed by atoms with Gasteiger partial charge in [-0.3, -0.25) is 9.69 Å². The summed E-state index contributed by atoms with van der Waals surface area (Å²) in [6, 6.07) is 1.21. The van der Waals surface area contributed by atoms with Gasteiger partial charge < -0.3 is 10.8 Å². The largest absolute Gasteiger partial charge is 0.480 e. The number of thiophene rings is 1. The third kappa shape index (κ3) is 3.45. The van der Waals surface area contributed by atoms with Gasteiger partial charge in [0, 0.05) is 13.1 Å². The zero-order valence-corrected chi connectivity index (χ0v) is 8.83. The Bertz CT molecular complexity index is 287. The van der Waals surface area contributed by atoms with Gasteiger partial charge in [-0.15, -0.1) is 0 Å². The molecule has 0 radical (unpaired) electrons. The van der Waals surface area contributed by atoms with Crippen LogP contribution in [0.15, 0.2) is 16.8 Å². The van der Waals surface area contributed by atoms with E-state index in [-0.39, 0.29) is 0 Å². The van der Waals surface area contributed by atoms with Crippen LogP contribution >= 0.6 is 11.3 Å². The fourth-order valence-corrected chi connectivity index (χ4v) is 1.83. The van der Waals surface area contributed by atoms with E-state index in [1.165, 1.54) is 5.56 Å². The molecule has 1 unspecified atom stereocenters. The first-order valence-electron chi connectivity index (χ1n) is 4.27. The minimum Gasteiger partial charge on any atom is -0.480 e. The molecule has 0 aliphatic rings. The summed E-state index contributed by atoms with van der Waals surface area (Å²) in [6.07, 6.45) is 0. The lowest BCUT2D eigenvalue weighted by Gasteiger charge is -2.17. The van der Waals surface area contributed by atoms with E-state index in [0.29, 0.717) is 6.54 Å². The lowest BCUT2D eigenvalue weighted by atomic mass is 10.2. The third-order valence-corrected chi connectivity index (χ3v) is 2.59. The fourth-order valence-electron chi connectivity index (χ4n) is 1.17. The average molecular weight is 214 g/mol. The van der Waals surface area contributed by atoms with Crippen LogP contribution in [0, 0.1) is 0 Å². The van der Waals surface area contributed by atoms with Crippen LogP contribution in [0.5, 0.6) is 0 Å². The van der Waals surface area contributed by atoms with Gasteiger partial charge in [0.05, 0.1) is 0 Å². The van der Waals surface area contributed by atoms with E-state index >= 15 is 0 Å². The summed E-state index contributed by atoms with van der Waals surface area (Å²) in [5.41, 5.74) is 6.60. The Hall–Kier alpha value is -0.910. The van der Waals surface area contributed by atoms with Crippen LogP contribution in [0.1, 0.15) is 5.56 Å². The Morgan fingerprint density at radius 2 is 2.50 bits per heavy atom. The van der Waals surface area contributed by atoms with Crippen molar-refractivity contribution >= 4 is 17.3 Å². The summed E-state index contributed by atoms with van der Waals surface area (Å²) in [7, 11) is 1.86. The van der Waals surface area contributed by atoms with Crippen molar-refractivity contribution in [3.05, 3.63) is 22.4 Å². The SMILES string of the molecule is CN(Cc1ccsc1)CC(N)C(=O)O. The second-order valence-electron chi connectivity index (χ2n) is 3.27. The van der Waals surface area contributed by atoms with Crippen LogP contribution in [0.4, 0.5) is 0 Å². The van der Waals surface area contributed by atoms with Crippen molar-refractivity contribution in [1.29, 1.82) is 0 Å². The van der Waals surface area contributed by atoms with Crippen molar-refractivity contribution < 1.29 is 9.90 Å². The number of carboxylic acids is 1. The lowest BCUT2D eigenvalue weighted by Crippen LogP contribution is -2.40. The first kappa shape index (κ1) is 11.2. The quantitative estimate of drug-likeness (QED) is 0.753. The Labute approximate surface area is 87.0 Å². The maximum atomic E-state index is 10.5. The Morgan fingerprint density at radius 1 is 1.79 bits per heavy atom. The number of hydrogen-bond donors (Lipinski definition) is 2. The standard InChI is InChI=1S/C9H14N2O2S/c1-11(5-8(10)9(12)13)4-7-2-3-14-6-7/h2-3,6,8H,4-5,10H2,1H3,(H,12,13). The van der Waals surface area contributed by atoms with E-state index in [4.69, 9.17) is 10.8 Å². The van der Waals surface area contributed by atoms with Crippen molar-refractivity contribution in [2.45, 2.75) is 12.6 Å². The minimum atomic E-state index is -0.956. The molecule has 4 nitrogen and oxygen atoms in total. The molecule has 78 valence electrons. The molecule has 5 heteroatoms. The van der Waals surface area contributed by atoms with Gasteiger partial charge in [-0.25, -0.2) is 0 Å². The second-order valence-corrected chi connectivity index (χ2v) is 4.05. The number of aliphatic carboxylic acids is 1. The van der Waals surface area contributed by atoms with Crippen LogP contribution < -0.4 is 5.73 Å². The second kappa shape index (κ2) is 5.09. The highest BCUT2D eigenvalue weighted by molar-refractivity contribution is 7.07. The number of nitrogens with two attached hydrogens (primary N) is 1. The number of carboxylic acid groups (broad SMARTS) is 1. The van der Waals surface area contributed by atoms with Crippen molar-refractivity contribution in [3.63, 3.8) is 0 Å². The third-order valence-electron chi connectivity index (χ3n) is 1.86. The molecular weight excluding hydrogens is 200 g/mol. The van der Waals surface area contributed by atoms with Gasteiger partial charge in [0.2, 0.25) is 0 Å². The predicted molar refractivity (Wildman–Crippen MR) is 56.3 cm³/mol. The van der Waals surface area contributed by atoms with Gasteiger partial charge in [0.1, 0.15) is 6.04 Å². The molecule has 0 amide bonds. The summed E-state index contributed by atoms with van der Waals surface area (Å²) in [6.45, 7) is 1.11. The lowest BCUT2D eigenvalue weighted by molar-refractivity contribution is -0.138. The van der Waals surface area contributed by atoms with Crippen molar-refractivity contribution in [2.75, 3.05) is 13.6 Å². The van der Waals surface area contributed by atoms with E-state index in [2.05, 4.69) is 0 Å². The average Bonchev–Trinajstić information content (AvgIpc) is 2.56. The summed E-state index contributed by atoms with van der Waals surface area (Å²) in [5.74, 6) is -0.956. The summed E-state index contributed by atoms with van der Waals surface area (Å²) >= 11 is 1.63. The molecule has 14 heavy (non-hydrogen) atoms. The fraction of sp³-hybridized carbons (Fsp3) is 0.444. The monoisotopic (exact) mass is 214 g/mol. The van der Waals surface area contributed by atoms with E-state index in [1.54, 1.807) is 11.3 Å². The Balaban J connectivity index is 2.36. The number of hydrogen-bond acceptors (Lipinski definition) is 4. The molecule has 0 spiro atoms. The molecule has 1 aromatic rings. The molecule has 0 aliphatic carbocycles. The van der Waals surface area contributed by atoms with Crippen molar-refractivity contribution in [3.8, 4) is 0 Å². The predicted octanol–water partition coefficient (Wildman–Crippen LogP) is 0.592.